The number of Topliss-reactive ketones (excluding diaryl/α,β-unsaturated/α-hetero) is 1. The van der Waals surface area contributed by atoms with Crippen LogP contribution >= 0.6 is 0 Å². The zero-order chi connectivity index (χ0) is 29.0. The highest BCUT2D eigenvalue weighted by Gasteiger charge is 2.38. The Hall–Kier alpha value is -3.66. The van der Waals surface area contributed by atoms with Crippen LogP contribution in [0.1, 0.15) is 73.0 Å². The molecule has 1 saturated heterocycles. The predicted octanol–water partition coefficient (Wildman–Crippen LogP) is 5.84. The summed E-state index contributed by atoms with van der Waals surface area (Å²) in [6.07, 6.45) is 6.86. The van der Waals surface area contributed by atoms with E-state index in [4.69, 9.17) is 0 Å². The molecule has 0 spiro atoms. The SMILES string of the molecule is O=C(CCC(=O)N1CCC(CC2CCC(O)(c3ccc(-c4cnccn4)cn3)CC2)C1)c1cccc(C(F)(F)F)c1. The lowest BCUT2D eigenvalue weighted by Gasteiger charge is -2.36. The summed E-state index contributed by atoms with van der Waals surface area (Å²) in [6, 6.07) is 8.10. The highest BCUT2D eigenvalue weighted by atomic mass is 19.4. The molecule has 41 heavy (non-hydrogen) atoms. The van der Waals surface area contributed by atoms with Crippen LogP contribution < -0.4 is 0 Å². The number of pyridine rings is 1. The second kappa shape index (κ2) is 12.1. The molecule has 3 heterocycles. The van der Waals surface area contributed by atoms with Gasteiger partial charge < -0.3 is 10.0 Å². The topological polar surface area (TPSA) is 96.3 Å². The van der Waals surface area contributed by atoms with Crippen molar-refractivity contribution in [3.8, 4) is 11.3 Å². The zero-order valence-corrected chi connectivity index (χ0v) is 22.7. The third kappa shape index (κ3) is 6.98. The van der Waals surface area contributed by atoms with Crippen LogP contribution in [-0.2, 0) is 16.6 Å². The molecule has 2 aliphatic rings. The molecule has 1 aliphatic carbocycles. The average molecular weight is 567 g/mol. The van der Waals surface area contributed by atoms with Gasteiger partial charge in [0.1, 0.15) is 5.60 Å². The van der Waals surface area contributed by atoms with E-state index in [0.29, 0.717) is 43.5 Å². The first-order valence-corrected chi connectivity index (χ1v) is 14.0. The summed E-state index contributed by atoms with van der Waals surface area (Å²) in [5.41, 5.74) is 0.391. The number of rotatable bonds is 8. The number of likely N-dealkylation sites (tertiary alicyclic amines) is 1. The van der Waals surface area contributed by atoms with E-state index < -0.39 is 23.1 Å². The number of aliphatic hydroxyl groups is 1. The third-order valence-electron chi connectivity index (χ3n) is 8.41. The van der Waals surface area contributed by atoms with Crippen molar-refractivity contribution in [3.63, 3.8) is 0 Å². The molecule has 1 aromatic carbocycles. The minimum absolute atomic E-state index is 0.0130. The van der Waals surface area contributed by atoms with Crippen LogP contribution in [0.3, 0.4) is 0 Å². The lowest BCUT2D eigenvalue weighted by Crippen LogP contribution is -2.33. The van der Waals surface area contributed by atoms with Crippen molar-refractivity contribution in [2.75, 3.05) is 13.1 Å². The molecule has 216 valence electrons. The summed E-state index contributed by atoms with van der Waals surface area (Å²) in [4.78, 5) is 39.9. The second-order valence-electron chi connectivity index (χ2n) is 11.2. The van der Waals surface area contributed by atoms with Crippen LogP contribution in [0.15, 0.2) is 61.2 Å². The van der Waals surface area contributed by atoms with Gasteiger partial charge >= 0.3 is 6.18 Å². The van der Waals surface area contributed by atoms with E-state index in [-0.39, 0.29) is 24.3 Å². The summed E-state index contributed by atoms with van der Waals surface area (Å²) in [5.74, 6) is 0.213. The summed E-state index contributed by atoms with van der Waals surface area (Å²) < 4.78 is 38.8. The maximum atomic E-state index is 12.9. The fraction of sp³-hybridized carbons (Fsp3) is 0.452. The summed E-state index contributed by atoms with van der Waals surface area (Å²) in [5, 5.41) is 11.3. The van der Waals surface area contributed by atoms with Crippen molar-refractivity contribution in [3.05, 3.63) is 78.0 Å². The van der Waals surface area contributed by atoms with Gasteiger partial charge in [-0.15, -0.1) is 0 Å². The zero-order valence-electron chi connectivity index (χ0n) is 22.7. The van der Waals surface area contributed by atoms with Crippen LogP contribution in [0, 0.1) is 11.8 Å². The van der Waals surface area contributed by atoms with Crippen molar-refractivity contribution >= 4 is 11.7 Å². The molecule has 1 aliphatic heterocycles. The molecule has 1 amide bonds. The van der Waals surface area contributed by atoms with Gasteiger partial charge in [0.25, 0.3) is 0 Å². The van der Waals surface area contributed by atoms with E-state index in [1.54, 1.807) is 29.7 Å². The van der Waals surface area contributed by atoms with E-state index in [1.807, 2.05) is 12.1 Å². The van der Waals surface area contributed by atoms with Crippen LogP contribution in [0.5, 0.6) is 0 Å². The van der Waals surface area contributed by atoms with Crippen molar-refractivity contribution in [2.24, 2.45) is 11.8 Å². The quantitative estimate of drug-likeness (QED) is 0.345. The third-order valence-corrected chi connectivity index (χ3v) is 8.41. The molecule has 0 bridgehead atoms. The number of hydrogen-bond acceptors (Lipinski definition) is 6. The minimum atomic E-state index is -4.52. The molecule has 10 heteroatoms. The molecule has 2 fully saturated rings. The number of aromatic nitrogens is 3. The Morgan fingerprint density at radius 1 is 0.976 bits per heavy atom. The van der Waals surface area contributed by atoms with E-state index in [0.717, 1.165) is 49.1 Å². The Labute approximate surface area is 236 Å². The van der Waals surface area contributed by atoms with Crippen molar-refractivity contribution in [2.45, 2.75) is 63.1 Å². The summed E-state index contributed by atoms with van der Waals surface area (Å²) in [6.45, 7) is 1.25. The van der Waals surface area contributed by atoms with Crippen LogP contribution in [0.25, 0.3) is 11.3 Å². The molecule has 1 N–H and O–H groups in total. The Kier molecular flexibility index (Phi) is 8.49. The number of carbonyl (C=O) groups excluding carboxylic acids is 2. The molecule has 5 rings (SSSR count). The molecule has 7 nitrogen and oxygen atoms in total. The first-order chi connectivity index (χ1) is 19.6. The van der Waals surface area contributed by atoms with Crippen LogP contribution in [0.4, 0.5) is 13.2 Å². The van der Waals surface area contributed by atoms with Gasteiger partial charge in [-0.25, -0.2) is 0 Å². The standard InChI is InChI=1S/C31H33F3N4O3/c32-31(33,34)25-3-1-2-23(17-25)27(39)5-7-29(40)38-15-10-22(20-38)16-21-8-11-30(41,12-9-21)28-6-4-24(18-37-28)26-19-35-13-14-36-26/h1-4,6,13-14,17-19,21-22,41H,5,7-12,15-16,20H2. The monoisotopic (exact) mass is 566 g/mol. The number of hydrogen-bond donors (Lipinski definition) is 1. The van der Waals surface area contributed by atoms with Crippen molar-refractivity contribution in [1.29, 1.82) is 0 Å². The first-order valence-electron chi connectivity index (χ1n) is 14.0. The lowest BCUT2D eigenvalue weighted by atomic mass is 9.74. The van der Waals surface area contributed by atoms with Crippen LogP contribution in [0.2, 0.25) is 0 Å². The van der Waals surface area contributed by atoms with E-state index in [9.17, 15) is 27.9 Å². The molecular weight excluding hydrogens is 533 g/mol. The van der Waals surface area contributed by atoms with Gasteiger partial charge in [-0.2, -0.15) is 13.2 Å². The van der Waals surface area contributed by atoms with Gasteiger partial charge in [0.05, 0.1) is 23.1 Å². The maximum absolute atomic E-state index is 12.9. The van der Waals surface area contributed by atoms with Gasteiger partial charge in [0.2, 0.25) is 5.91 Å². The predicted molar refractivity (Wildman–Crippen MR) is 145 cm³/mol. The highest BCUT2D eigenvalue weighted by molar-refractivity contribution is 5.98. The molecule has 1 saturated carbocycles. The van der Waals surface area contributed by atoms with Gasteiger partial charge in [-0.1, -0.05) is 12.1 Å². The number of ketones is 1. The molecule has 2 aromatic heterocycles. The van der Waals surface area contributed by atoms with Gasteiger partial charge in [-0.3, -0.25) is 24.5 Å². The van der Waals surface area contributed by atoms with Gasteiger partial charge in [-0.05, 0) is 74.6 Å². The Balaban J connectivity index is 1.06. The normalized spacial score (nSPS) is 23.0. The Morgan fingerprint density at radius 2 is 1.78 bits per heavy atom. The fourth-order valence-electron chi connectivity index (χ4n) is 6.03. The Bertz CT molecular complexity index is 1360. The van der Waals surface area contributed by atoms with Gasteiger partial charge in [0.15, 0.2) is 5.78 Å². The lowest BCUT2D eigenvalue weighted by molar-refractivity contribution is -0.137. The largest absolute Gasteiger partial charge is 0.416 e. The molecule has 3 aromatic rings. The smallest absolute Gasteiger partial charge is 0.384 e. The molecule has 0 radical (unpaired) electrons. The number of carbonyl (C=O) groups is 2. The number of benzene rings is 1. The Morgan fingerprint density at radius 3 is 2.46 bits per heavy atom. The summed E-state index contributed by atoms with van der Waals surface area (Å²) in [7, 11) is 0. The van der Waals surface area contributed by atoms with E-state index in [2.05, 4.69) is 15.0 Å². The van der Waals surface area contributed by atoms with E-state index in [1.165, 1.54) is 12.1 Å². The number of alkyl halides is 3. The van der Waals surface area contributed by atoms with Crippen molar-refractivity contribution < 1.29 is 27.9 Å². The summed E-state index contributed by atoms with van der Waals surface area (Å²) >= 11 is 0. The maximum Gasteiger partial charge on any atom is 0.416 e. The number of nitrogens with zero attached hydrogens (tertiary/aromatic N) is 4. The molecule has 1 unspecified atom stereocenters. The number of halogens is 3. The molecular formula is C31H33F3N4O3. The van der Waals surface area contributed by atoms with Crippen LogP contribution in [-0.4, -0.2) is 49.7 Å². The highest BCUT2D eigenvalue weighted by Crippen LogP contribution is 2.42. The minimum Gasteiger partial charge on any atom is -0.384 e. The number of amides is 1. The van der Waals surface area contributed by atoms with Crippen molar-refractivity contribution in [1.82, 2.24) is 19.9 Å². The first kappa shape index (κ1) is 28.9. The molecule has 1 atom stereocenters. The van der Waals surface area contributed by atoms with E-state index >= 15 is 0 Å². The van der Waals surface area contributed by atoms with Gasteiger partial charge in [0, 0.05) is 55.6 Å². The second-order valence-corrected chi connectivity index (χ2v) is 11.2. The average Bonchev–Trinajstić information content (AvgIpc) is 3.46. The fourth-order valence-corrected chi connectivity index (χ4v) is 6.03.